The van der Waals surface area contributed by atoms with Gasteiger partial charge in [-0.05, 0) is 73.9 Å². The van der Waals surface area contributed by atoms with Crippen LogP contribution in [-0.4, -0.2) is 92.8 Å². The lowest BCUT2D eigenvalue weighted by Gasteiger charge is -2.26. The number of rotatable bonds is 6. The molecule has 0 radical (unpaired) electrons. The van der Waals surface area contributed by atoms with Crippen molar-refractivity contribution in [1.82, 2.24) is 12.9 Å². The molecule has 42 heavy (non-hydrogen) atoms. The maximum absolute atomic E-state index is 13.7. The van der Waals surface area contributed by atoms with Crippen molar-refractivity contribution in [2.45, 2.75) is 35.5 Å². The monoisotopic (exact) mass is 639 g/mol. The molecule has 3 aromatic carbocycles. The first kappa shape index (κ1) is 31.7. The van der Waals surface area contributed by atoms with Gasteiger partial charge in [0, 0.05) is 39.3 Å². The van der Waals surface area contributed by atoms with Gasteiger partial charge in [-0.1, -0.05) is 18.2 Å². The second-order valence-electron chi connectivity index (χ2n) is 10.1. The van der Waals surface area contributed by atoms with Gasteiger partial charge in [0.2, 0.25) is 30.1 Å². The molecule has 0 bridgehead atoms. The van der Waals surface area contributed by atoms with Crippen molar-refractivity contribution < 1.29 is 40.6 Å². The van der Waals surface area contributed by atoms with Crippen molar-refractivity contribution in [3.8, 4) is 17.2 Å². The van der Waals surface area contributed by atoms with Gasteiger partial charge < -0.3 is 15.3 Å². The predicted molar refractivity (Wildman–Crippen MR) is 155 cm³/mol. The SMILES string of the molecule is Cc1ccc(O)c(S(=O)(=O)N2CCN(S(=O)(=O)c3cc(C)ccc3O)CCN(S(=O)(=O)c3cc(C)ccc3O)CC2)c1. The minimum Gasteiger partial charge on any atom is -0.507 e. The van der Waals surface area contributed by atoms with Crippen LogP contribution in [0, 0.1) is 20.8 Å². The Balaban J connectivity index is 1.81. The van der Waals surface area contributed by atoms with Crippen LogP contribution in [0.3, 0.4) is 0 Å². The van der Waals surface area contributed by atoms with E-state index in [9.17, 15) is 40.6 Å². The topological polar surface area (TPSA) is 173 Å². The molecular weight excluding hydrogens is 607 g/mol. The van der Waals surface area contributed by atoms with E-state index in [2.05, 4.69) is 0 Å². The smallest absolute Gasteiger partial charge is 0.246 e. The summed E-state index contributed by atoms with van der Waals surface area (Å²) in [5.41, 5.74) is 1.65. The summed E-state index contributed by atoms with van der Waals surface area (Å²) < 4.78 is 85.2. The third-order valence-corrected chi connectivity index (χ3v) is 12.8. The van der Waals surface area contributed by atoms with Crippen LogP contribution in [0.4, 0.5) is 0 Å². The Morgan fingerprint density at radius 2 is 0.667 bits per heavy atom. The minimum absolute atomic E-state index is 0.370. The Labute approximate surface area is 246 Å². The molecule has 1 aliphatic rings. The molecular formula is C27H33N3O9S3. The molecule has 4 rings (SSSR count). The van der Waals surface area contributed by atoms with Gasteiger partial charge in [0.25, 0.3) is 0 Å². The Morgan fingerprint density at radius 3 is 0.881 bits per heavy atom. The van der Waals surface area contributed by atoms with Gasteiger partial charge in [0.05, 0.1) is 0 Å². The number of sulfonamides is 3. The first-order valence-electron chi connectivity index (χ1n) is 12.9. The average Bonchev–Trinajstić information content (AvgIpc) is 3.04. The molecule has 0 unspecified atom stereocenters. The maximum atomic E-state index is 13.7. The van der Waals surface area contributed by atoms with Crippen molar-refractivity contribution >= 4 is 30.1 Å². The van der Waals surface area contributed by atoms with E-state index in [-0.39, 0.29) is 39.3 Å². The lowest BCUT2D eigenvalue weighted by molar-refractivity contribution is 0.361. The van der Waals surface area contributed by atoms with E-state index in [1.165, 1.54) is 54.6 Å². The fraction of sp³-hybridized carbons (Fsp3) is 0.333. The lowest BCUT2D eigenvalue weighted by atomic mass is 10.2. The first-order chi connectivity index (χ1) is 19.5. The van der Waals surface area contributed by atoms with Crippen LogP contribution in [0.1, 0.15) is 16.7 Å². The van der Waals surface area contributed by atoms with E-state index in [0.29, 0.717) is 16.7 Å². The number of hydrogen-bond acceptors (Lipinski definition) is 9. The van der Waals surface area contributed by atoms with Gasteiger partial charge in [-0.25, -0.2) is 25.3 Å². The zero-order valence-corrected chi connectivity index (χ0v) is 25.7. The summed E-state index contributed by atoms with van der Waals surface area (Å²) in [6.45, 7) is 2.70. The van der Waals surface area contributed by atoms with Gasteiger partial charge in [-0.3, -0.25) is 0 Å². The van der Waals surface area contributed by atoms with Gasteiger partial charge in [-0.15, -0.1) is 0 Å². The summed E-state index contributed by atoms with van der Waals surface area (Å²) in [5.74, 6) is -1.53. The van der Waals surface area contributed by atoms with Crippen LogP contribution in [0.2, 0.25) is 0 Å². The summed E-state index contributed by atoms with van der Waals surface area (Å²) in [7, 11) is -13.3. The molecule has 3 N–H and O–H groups in total. The van der Waals surface area contributed by atoms with Crippen LogP contribution in [0.25, 0.3) is 0 Å². The van der Waals surface area contributed by atoms with Crippen molar-refractivity contribution in [3.63, 3.8) is 0 Å². The zero-order chi connectivity index (χ0) is 31.0. The van der Waals surface area contributed by atoms with Crippen molar-refractivity contribution in [2.75, 3.05) is 39.3 Å². The molecule has 12 nitrogen and oxygen atoms in total. The largest absolute Gasteiger partial charge is 0.507 e. The average molecular weight is 640 g/mol. The van der Waals surface area contributed by atoms with Gasteiger partial charge in [0.1, 0.15) is 31.9 Å². The van der Waals surface area contributed by atoms with Crippen molar-refractivity contribution in [2.24, 2.45) is 0 Å². The summed E-state index contributed by atoms with van der Waals surface area (Å²) >= 11 is 0. The molecule has 0 amide bonds. The normalized spacial score (nSPS) is 16.9. The highest BCUT2D eigenvalue weighted by molar-refractivity contribution is 7.90. The molecule has 1 fully saturated rings. The summed E-state index contributed by atoms with van der Waals surface area (Å²) in [6, 6.07) is 12.1. The Hall–Kier alpha value is -3.21. The number of benzene rings is 3. The molecule has 0 aromatic heterocycles. The van der Waals surface area contributed by atoms with Gasteiger partial charge in [-0.2, -0.15) is 12.9 Å². The third kappa shape index (κ3) is 6.26. The molecule has 0 spiro atoms. The Kier molecular flexibility index (Phi) is 8.92. The number of aryl methyl sites for hydroxylation is 3. The third-order valence-electron chi connectivity index (χ3n) is 7.00. The van der Waals surface area contributed by atoms with Crippen LogP contribution >= 0.6 is 0 Å². The zero-order valence-electron chi connectivity index (χ0n) is 23.3. The highest BCUT2D eigenvalue weighted by Gasteiger charge is 2.36. The molecule has 228 valence electrons. The molecule has 3 aromatic rings. The molecule has 1 saturated heterocycles. The number of nitrogens with zero attached hydrogens (tertiary/aromatic N) is 3. The molecule has 15 heteroatoms. The molecule has 0 atom stereocenters. The van der Waals surface area contributed by atoms with Gasteiger partial charge in [0.15, 0.2) is 0 Å². The second kappa shape index (κ2) is 11.8. The number of phenols is 3. The highest BCUT2D eigenvalue weighted by atomic mass is 32.2. The first-order valence-corrected chi connectivity index (χ1v) is 17.3. The molecule has 0 aliphatic carbocycles. The van der Waals surface area contributed by atoms with Crippen molar-refractivity contribution in [3.05, 3.63) is 71.3 Å². The van der Waals surface area contributed by atoms with E-state index in [1.54, 1.807) is 20.8 Å². The number of phenolic OH excluding ortho intramolecular Hbond substituents is 3. The summed E-state index contributed by atoms with van der Waals surface area (Å²) in [4.78, 5) is -1.21. The molecule has 0 saturated carbocycles. The Morgan fingerprint density at radius 1 is 0.452 bits per heavy atom. The van der Waals surface area contributed by atoms with Crippen molar-refractivity contribution in [1.29, 1.82) is 0 Å². The predicted octanol–water partition coefficient (Wildman–Crippen LogP) is 2.11. The molecule has 1 aliphatic heterocycles. The minimum atomic E-state index is -4.43. The quantitative estimate of drug-likeness (QED) is 0.365. The number of aromatic hydroxyl groups is 3. The summed E-state index contributed by atoms with van der Waals surface area (Å²) in [6.07, 6.45) is 0. The van der Waals surface area contributed by atoms with E-state index in [0.717, 1.165) is 12.9 Å². The fourth-order valence-electron chi connectivity index (χ4n) is 4.63. The van der Waals surface area contributed by atoms with E-state index < -0.39 is 62.0 Å². The second-order valence-corrected chi connectivity index (χ2v) is 15.8. The summed E-state index contributed by atoms with van der Waals surface area (Å²) in [5, 5.41) is 31.1. The van der Waals surface area contributed by atoms with Crippen LogP contribution < -0.4 is 0 Å². The van der Waals surface area contributed by atoms with E-state index >= 15 is 0 Å². The highest BCUT2D eigenvalue weighted by Crippen LogP contribution is 2.31. The standard InChI is InChI=1S/C27H33N3O9S3/c1-19-4-7-22(31)25(16-19)40(34,35)28-10-12-29(41(36,37)26-17-20(2)5-8-23(26)32)14-15-30(13-11-28)42(38,39)27-18-21(3)6-9-24(27)33/h4-9,16-18,31-33H,10-15H2,1-3H3. The lowest BCUT2D eigenvalue weighted by Crippen LogP contribution is -2.41. The Bertz CT molecular complexity index is 1600. The number of hydrogen-bond donors (Lipinski definition) is 3. The van der Waals surface area contributed by atoms with E-state index in [1.807, 2.05) is 0 Å². The molecule has 1 heterocycles. The van der Waals surface area contributed by atoms with Crippen LogP contribution in [0.5, 0.6) is 17.2 Å². The van der Waals surface area contributed by atoms with Gasteiger partial charge >= 0.3 is 0 Å². The van der Waals surface area contributed by atoms with Crippen LogP contribution in [-0.2, 0) is 30.1 Å². The van der Waals surface area contributed by atoms with E-state index in [4.69, 9.17) is 0 Å². The maximum Gasteiger partial charge on any atom is 0.246 e. The fourth-order valence-corrected chi connectivity index (χ4v) is 9.39. The van der Waals surface area contributed by atoms with Crippen LogP contribution in [0.15, 0.2) is 69.3 Å².